The second kappa shape index (κ2) is 6.12. The van der Waals surface area contributed by atoms with Crippen molar-refractivity contribution in [3.8, 4) is 0 Å². The summed E-state index contributed by atoms with van der Waals surface area (Å²) in [5, 5.41) is 13.4. The van der Waals surface area contributed by atoms with Crippen LogP contribution in [0.1, 0.15) is 25.3 Å². The summed E-state index contributed by atoms with van der Waals surface area (Å²) in [5.41, 5.74) is 1.12. The number of anilines is 1. The second-order valence-corrected chi connectivity index (χ2v) is 6.19. The Kier molecular flexibility index (Phi) is 4.68. The number of nitrogens with zero attached hydrogens (tertiary/aromatic N) is 1. The van der Waals surface area contributed by atoms with Gasteiger partial charge in [-0.3, -0.25) is 9.69 Å². The number of rotatable bonds is 3. The average Bonchev–Trinajstić information content (AvgIpc) is 2.36. The van der Waals surface area contributed by atoms with E-state index in [0.29, 0.717) is 24.4 Å². The molecule has 110 valence electrons. The smallest absolute Gasteiger partial charge is 0.238 e. The Bertz CT molecular complexity index is 493. The van der Waals surface area contributed by atoms with Crippen molar-refractivity contribution in [2.45, 2.75) is 32.3 Å². The van der Waals surface area contributed by atoms with Gasteiger partial charge in [0.2, 0.25) is 5.91 Å². The Hall–Kier alpha value is -1.10. The van der Waals surface area contributed by atoms with Crippen molar-refractivity contribution in [3.63, 3.8) is 0 Å². The van der Waals surface area contributed by atoms with Crippen LogP contribution in [0.5, 0.6) is 0 Å². The molecule has 1 aliphatic rings. The number of carbonyl (C=O) groups is 1. The SMILES string of the molecule is Cc1ccc(NC(=O)CN2CCC(C)(O)CC2)cc1Cl. The molecule has 0 unspecified atom stereocenters. The zero-order valence-corrected chi connectivity index (χ0v) is 12.7. The van der Waals surface area contributed by atoms with E-state index in [2.05, 4.69) is 10.2 Å². The van der Waals surface area contributed by atoms with E-state index in [0.717, 1.165) is 24.3 Å². The first kappa shape index (κ1) is 15.3. The summed E-state index contributed by atoms with van der Waals surface area (Å²) in [5.74, 6) is -0.0496. The van der Waals surface area contributed by atoms with E-state index in [1.807, 2.05) is 26.0 Å². The van der Waals surface area contributed by atoms with Crippen molar-refractivity contribution in [2.75, 3.05) is 25.0 Å². The third kappa shape index (κ3) is 4.20. The van der Waals surface area contributed by atoms with Gasteiger partial charge in [-0.05, 0) is 44.4 Å². The van der Waals surface area contributed by atoms with Crippen LogP contribution in [0.3, 0.4) is 0 Å². The molecule has 0 aliphatic carbocycles. The lowest BCUT2D eigenvalue weighted by Crippen LogP contribution is -2.45. The average molecular weight is 297 g/mol. The highest BCUT2D eigenvalue weighted by Crippen LogP contribution is 2.22. The van der Waals surface area contributed by atoms with E-state index < -0.39 is 5.60 Å². The third-order valence-corrected chi connectivity index (χ3v) is 4.16. The molecule has 0 bridgehead atoms. The van der Waals surface area contributed by atoms with E-state index in [1.54, 1.807) is 6.07 Å². The number of hydrogen-bond acceptors (Lipinski definition) is 3. The number of hydrogen-bond donors (Lipinski definition) is 2. The molecule has 1 aromatic rings. The van der Waals surface area contributed by atoms with Gasteiger partial charge in [0.25, 0.3) is 0 Å². The Balaban J connectivity index is 1.85. The van der Waals surface area contributed by atoms with Gasteiger partial charge in [-0.2, -0.15) is 0 Å². The predicted octanol–water partition coefficient (Wildman–Crippen LogP) is 2.43. The summed E-state index contributed by atoms with van der Waals surface area (Å²) in [4.78, 5) is 14.0. The molecule has 1 fully saturated rings. The van der Waals surface area contributed by atoms with Gasteiger partial charge in [-0.15, -0.1) is 0 Å². The highest BCUT2D eigenvalue weighted by atomic mass is 35.5. The maximum Gasteiger partial charge on any atom is 0.238 e. The lowest BCUT2D eigenvalue weighted by molar-refractivity contribution is -0.118. The summed E-state index contributed by atoms with van der Waals surface area (Å²) < 4.78 is 0. The lowest BCUT2D eigenvalue weighted by Gasteiger charge is -2.35. The van der Waals surface area contributed by atoms with Crippen LogP contribution in [0.15, 0.2) is 18.2 Å². The van der Waals surface area contributed by atoms with Crippen molar-refractivity contribution >= 4 is 23.2 Å². The molecule has 0 atom stereocenters. The molecule has 0 radical (unpaired) electrons. The minimum absolute atomic E-state index is 0.0496. The van der Waals surface area contributed by atoms with E-state index >= 15 is 0 Å². The van der Waals surface area contributed by atoms with Gasteiger partial charge in [0, 0.05) is 23.8 Å². The van der Waals surface area contributed by atoms with Crippen LogP contribution in [0, 0.1) is 6.92 Å². The fourth-order valence-electron chi connectivity index (χ4n) is 2.27. The van der Waals surface area contributed by atoms with Crippen LogP contribution in [0.4, 0.5) is 5.69 Å². The zero-order chi connectivity index (χ0) is 14.8. The molecule has 1 heterocycles. The first-order chi connectivity index (χ1) is 9.35. The Morgan fingerprint density at radius 2 is 2.10 bits per heavy atom. The van der Waals surface area contributed by atoms with Gasteiger partial charge in [-0.1, -0.05) is 17.7 Å². The van der Waals surface area contributed by atoms with Crippen LogP contribution < -0.4 is 5.32 Å². The number of aliphatic hydroxyl groups is 1. The second-order valence-electron chi connectivity index (χ2n) is 5.79. The van der Waals surface area contributed by atoms with E-state index in [1.165, 1.54) is 0 Å². The number of aryl methyl sites for hydroxylation is 1. The topological polar surface area (TPSA) is 52.6 Å². The van der Waals surface area contributed by atoms with Gasteiger partial charge >= 0.3 is 0 Å². The molecule has 1 saturated heterocycles. The van der Waals surface area contributed by atoms with E-state index in [4.69, 9.17) is 11.6 Å². The number of piperidine rings is 1. The van der Waals surface area contributed by atoms with E-state index in [9.17, 15) is 9.90 Å². The minimum Gasteiger partial charge on any atom is -0.390 e. The van der Waals surface area contributed by atoms with Gasteiger partial charge < -0.3 is 10.4 Å². The van der Waals surface area contributed by atoms with Crippen LogP contribution in [0.2, 0.25) is 5.02 Å². The summed E-state index contributed by atoms with van der Waals surface area (Å²) in [6, 6.07) is 5.49. The third-order valence-electron chi connectivity index (χ3n) is 3.76. The monoisotopic (exact) mass is 296 g/mol. The normalized spacial score (nSPS) is 18.8. The van der Waals surface area contributed by atoms with Crippen molar-refractivity contribution in [1.82, 2.24) is 4.90 Å². The number of carbonyl (C=O) groups excluding carboxylic acids is 1. The van der Waals surface area contributed by atoms with Gasteiger partial charge in [0.15, 0.2) is 0 Å². The fraction of sp³-hybridized carbons (Fsp3) is 0.533. The van der Waals surface area contributed by atoms with Gasteiger partial charge in [0.1, 0.15) is 0 Å². The minimum atomic E-state index is -0.586. The highest BCUT2D eigenvalue weighted by molar-refractivity contribution is 6.31. The van der Waals surface area contributed by atoms with Crippen LogP contribution >= 0.6 is 11.6 Å². The summed E-state index contributed by atoms with van der Waals surface area (Å²) in [6.45, 7) is 5.61. The first-order valence-electron chi connectivity index (χ1n) is 6.86. The quantitative estimate of drug-likeness (QED) is 0.901. The Morgan fingerprint density at radius 3 is 2.70 bits per heavy atom. The largest absolute Gasteiger partial charge is 0.390 e. The van der Waals surface area contributed by atoms with Gasteiger partial charge in [-0.25, -0.2) is 0 Å². The lowest BCUT2D eigenvalue weighted by atomic mass is 9.94. The van der Waals surface area contributed by atoms with Crippen LogP contribution in [-0.4, -0.2) is 41.1 Å². The molecule has 1 aromatic carbocycles. The van der Waals surface area contributed by atoms with Crippen molar-refractivity contribution in [3.05, 3.63) is 28.8 Å². The van der Waals surface area contributed by atoms with Crippen molar-refractivity contribution in [2.24, 2.45) is 0 Å². The number of amides is 1. The fourth-order valence-corrected chi connectivity index (χ4v) is 2.45. The van der Waals surface area contributed by atoms with Crippen LogP contribution in [0.25, 0.3) is 0 Å². The Morgan fingerprint density at radius 1 is 1.45 bits per heavy atom. The maximum atomic E-state index is 12.0. The molecule has 20 heavy (non-hydrogen) atoms. The molecule has 4 nitrogen and oxygen atoms in total. The molecule has 0 aromatic heterocycles. The molecule has 0 saturated carbocycles. The number of halogens is 1. The Labute approximate surface area is 124 Å². The predicted molar refractivity (Wildman–Crippen MR) is 81.1 cm³/mol. The highest BCUT2D eigenvalue weighted by Gasteiger charge is 2.27. The molecule has 0 spiro atoms. The molecular formula is C15H21ClN2O2. The standard InChI is InChI=1S/C15H21ClN2O2/c1-11-3-4-12(9-13(11)16)17-14(19)10-18-7-5-15(2,20)6-8-18/h3-4,9,20H,5-8,10H2,1-2H3,(H,17,19). The van der Waals surface area contributed by atoms with Crippen molar-refractivity contribution < 1.29 is 9.90 Å². The molecule has 2 rings (SSSR count). The summed E-state index contributed by atoms with van der Waals surface area (Å²) in [6.07, 6.45) is 1.41. The summed E-state index contributed by atoms with van der Waals surface area (Å²) >= 11 is 6.03. The molecule has 1 aliphatic heterocycles. The van der Waals surface area contributed by atoms with Crippen LogP contribution in [-0.2, 0) is 4.79 Å². The summed E-state index contributed by atoms with van der Waals surface area (Å²) in [7, 11) is 0. The number of likely N-dealkylation sites (tertiary alicyclic amines) is 1. The van der Waals surface area contributed by atoms with E-state index in [-0.39, 0.29) is 5.91 Å². The number of benzene rings is 1. The van der Waals surface area contributed by atoms with Crippen molar-refractivity contribution in [1.29, 1.82) is 0 Å². The maximum absolute atomic E-state index is 12.0. The molecule has 2 N–H and O–H groups in total. The molecular weight excluding hydrogens is 276 g/mol. The number of nitrogens with one attached hydrogen (secondary N) is 1. The molecule has 5 heteroatoms. The molecule has 1 amide bonds. The zero-order valence-electron chi connectivity index (χ0n) is 11.9. The first-order valence-corrected chi connectivity index (χ1v) is 7.24. The van der Waals surface area contributed by atoms with Gasteiger partial charge in [0.05, 0.1) is 12.1 Å².